The largest absolute Gasteiger partial charge is 0.376 e. The molecule has 7 heteroatoms. The second-order valence-corrected chi connectivity index (χ2v) is 11.1. The van der Waals surface area contributed by atoms with Crippen LogP contribution in [0.3, 0.4) is 0 Å². The van der Waals surface area contributed by atoms with Gasteiger partial charge in [0.05, 0.1) is 11.0 Å². The molecule has 2 fully saturated rings. The van der Waals surface area contributed by atoms with Crippen LogP contribution in [0.4, 0.5) is 0 Å². The lowest BCUT2D eigenvalue weighted by Crippen LogP contribution is -2.48. The quantitative estimate of drug-likeness (QED) is 0.662. The van der Waals surface area contributed by atoms with Gasteiger partial charge in [0.15, 0.2) is 0 Å². The van der Waals surface area contributed by atoms with E-state index in [4.69, 9.17) is 4.74 Å². The number of nitrogens with zero attached hydrogens (tertiary/aromatic N) is 2. The average molecular weight is 451 g/mol. The fraction of sp³-hybridized carbons (Fsp3) is 0.708. The van der Waals surface area contributed by atoms with Crippen molar-refractivity contribution in [1.29, 1.82) is 0 Å². The molecule has 1 atom stereocenters. The Morgan fingerprint density at radius 1 is 1.03 bits per heavy atom. The molecule has 0 N–H and O–H groups in total. The van der Waals surface area contributed by atoms with Gasteiger partial charge >= 0.3 is 0 Å². The van der Waals surface area contributed by atoms with Gasteiger partial charge in [-0.25, -0.2) is 8.42 Å². The molecule has 0 aromatic heterocycles. The second kappa shape index (κ2) is 10.0. The van der Waals surface area contributed by atoms with E-state index < -0.39 is 10.0 Å². The molecule has 0 radical (unpaired) electrons. The van der Waals surface area contributed by atoms with Crippen molar-refractivity contribution in [2.45, 2.75) is 77.7 Å². The van der Waals surface area contributed by atoms with Crippen LogP contribution < -0.4 is 0 Å². The minimum absolute atomic E-state index is 0.0992. The maximum Gasteiger partial charge on any atom is 0.243 e. The van der Waals surface area contributed by atoms with E-state index in [0.29, 0.717) is 37.4 Å². The summed E-state index contributed by atoms with van der Waals surface area (Å²) in [4.78, 5) is 15.5. The first kappa shape index (κ1) is 24.2. The molecule has 2 saturated heterocycles. The first-order chi connectivity index (χ1) is 14.7. The van der Waals surface area contributed by atoms with Crippen LogP contribution in [0, 0.1) is 33.6 Å². The SMILES string of the molecule is CCCOC1CCCN(C(=O)C2CCN(S(=O)(=O)c3c(C)c(C)cc(C)c3C)CC2)C1. The van der Waals surface area contributed by atoms with Gasteiger partial charge in [-0.2, -0.15) is 4.31 Å². The van der Waals surface area contributed by atoms with Gasteiger partial charge < -0.3 is 9.64 Å². The molecule has 0 aliphatic carbocycles. The number of ether oxygens (including phenoxy) is 1. The van der Waals surface area contributed by atoms with E-state index in [1.54, 1.807) is 4.31 Å². The Labute approximate surface area is 188 Å². The number of amides is 1. The summed E-state index contributed by atoms with van der Waals surface area (Å²) in [5.74, 6) is 0.0680. The number of piperidine rings is 2. The van der Waals surface area contributed by atoms with E-state index in [1.807, 2.05) is 38.7 Å². The maximum atomic E-state index is 13.5. The molecule has 1 amide bonds. The minimum atomic E-state index is -3.57. The van der Waals surface area contributed by atoms with Crippen LogP contribution in [0.5, 0.6) is 0 Å². The van der Waals surface area contributed by atoms with Crippen molar-refractivity contribution in [3.63, 3.8) is 0 Å². The Bertz CT molecular complexity index is 878. The highest BCUT2D eigenvalue weighted by Crippen LogP contribution is 2.32. The summed E-state index contributed by atoms with van der Waals surface area (Å²) in [5, 5.41) is 0. The van der Waals surface area contributed by atoms with E-state index in [-0.39, 0.29) is 17.9 Å². The van der Waals surface area contributed by atoms with Crippen molar-refractivity contribution in [3.8, 4) is 0 Å². The zero-order chi connectivity index (χ0) is 22.8. The van der Waals surface area contributed by atoms with E-state index in [0.717, 1.165) is 54.7 Å². The summed E-state index contributed by atoms with van der Waals surface area (Å²) < 4.78 is 34.4. The first-order valence-corrected chi connectivity index (χ1v) is 13.1. The molecule has 0 saturated carbocycles. The van der Waals surface area contributed by atoms with Crippen LogP contribution in [0.15, 0.2) is 11.0 Å². The number of likely N-dealkylation sites (tertiary alicyclic amines) is 1. The number of sulfonamides is 1. The molecule has 0 bridgehead atoms. The van der Waals surface area contributed by atoms with Gasteiger partial charge in [0.25, 0.3) is 0 Å². The van der Waals surface area contributed by atoms with E-state index >= 15 is 0 Å². The van der Waals surface area contributed by atoms with Crippen LogP contribution >= 0.6 is 0 Å². The number of aryl methyl sites for hydroxylation is 2. The van der Waals surface area contributed by atoms with Crippen LogP contribution in [0.2, 0.25) is 0 Å². The highest BCUT2D eigenvalue weighted by molar-refractivity contribution is 7.89. The molecule has 2 heterocycles. The monoisotopic (exact) mass is 450 g/mol. The van der Waals surface area contributed by atoms with Crippen LogP contribution in [-0.4, -0.2) is 62.4 Å². The Balaban J connectivity index is 1.66. The van der Waals surface area contributed by atoms with Crippen LogP contribution in [0.25, 0.3) is 0 Å². The van der Waals surface area contributed by atoms with Gasteiger partial charge in [0.1, 0.15) is 0 Å². The van der Waals surface area contributed by atoms with Crippen molar-refractivity contribution in [2.75, 3.05) is 32.8 Å². The summed E-state index contributed by atoms with van der Waals surface area (Å²) >= 11 is 0. The van der Waals surface area contributed by atoms with Gasteiger partial charge in [-0.05, 0) is 82.1 Å². The standard InChI is InChI=1S/C24H38N2O4S/c1-6-14-30-22-8-7-11-25(16-22)24(27)21-9-12-26(13-10-21)31(28,29)23-19(4)17(2)15-18(3)20(23)5/h15,21-22H,6-14,16H2,1-5H3. The first-order valence-electron chi connectivity index (χ1n) is 11.6. The van der Waals surface area contributed by atoms with Crippen molar-refractivity contribution >= 4 is 15.9 Å². The van der Waals surface area contributed by atoms with Crippen molar-refractivity contribution < 1.29 is 17.9 Å². The van der Waals surface area contributed by atoms with Crippen molar-refractivity contribution in [2.24, 2.45) is 5.92 Å². The number of carbonyl (C=O) groups excluding carboxylic acids is 1. The van der Waals surface area contributed by atoms with Crippen molar-refractivity contribution in [1.82, 2.24) is 9.21 Å². The molecule has 6 nitrogen and oxygen atoms in total. The normalized spacial score (nSPS) is 21.5. The van der Waals surface area contributed by atoms with E-state index in [2.05, 4.69) is 6.92 Å². The third-order valence-corrected chi connectivity index (χ3v) is 9.12. The molecule has 1 aromatic carbocycles. The average Bonchev–Trinajstić information content (AvgIpc) is 2.76. The number of rotatable bonds is 6. The molecule has 0 spiro atoms. The number of hydrogen-bond acceptors (Lipinski definition) is 4. The van der Waals surface area contributed by atoms with Crippen molar-refractivity contribution in [3.05, 3.63) is 28.3 Å². The van der Waals surface area contributed by atoms with Gasteiger partial charge in [0.2, 0.25) is 15.9 Å². The number of carbonyl (C=O) groups is 1. The highest BCUT2D eigenvalue weighted by Gasteiger charge is 2.36. The predicted octanol–water partition coefficient (Wildman–Crippen LogP) is 3.74. The van der Waals surface area contributed by atoms with Crippen LogP contribution in [0.1, 0.15) is 61.3 Å². The molecule has 1 aromatic rings. The topological polar surface area (TPSA) is 66.9 Å². The Morgan fingerprint density at radius 3 is 2.23 bits per heavy atom. The van der Waals surface area contributed by atoms with E-state index in [1.165, 1.54) is 0 Å². The summed E-state index contributed by atoms with van der Waals surface area (Å²) in [6.45, 7) is 12.8. The van der Waals surface area contributed by atoms with Gasteiger partial charge in [-0.3, -0.25) is 4.79 Å². The zero-order valence-corrected chi connectivity index (χ0v) is 20.6. The summed E-state index contributed by atoms with van der Waals surface area (Å²) in [6.07, 6.45) is 4.26. The molecule has 31 heavy (non-hydrogen) atoms. The lowest BCUT2D eigenvalue weighted by molar-refractivity contribution is -0.140. The number of benzene rings is 1. The number of hydrogen-bond donors (Lipinski definition) is 0. The van der Waals surface area contributed by atoms with Gasteiger partial charge in [0, 0.05) is 38.7 Å². The molecule has 2 aliphatic rings. The van der Waals surface area contributed by atoms with Gasteiger partial charge in [-0.1, -0.05) is 13.0 Å². The zero-order valence-electron chi connectivity index (χ0n) is 19.7. The molecule has 174 valence electrons. The van der Waals surface area contributed by atoms with Gasteiger partial charge in [-0.15, -0.1) is 0 Å². The van der Waals surface area contributed by atoms with E-state index in [9.17, 15) is 13.2 Å². The molecular formula is C24H38N2O4S. The third-order valence-electron chi connectivity index (χ3n) is 6.95. The fourth-order valence-corrected chi connectivity index (χ4v) is 6.90. The smallest absolute Gasteiger partial charge is 0.243 e. The lowest BCUT2D eigenvalue weighted by atomic mass is 9.95. The molecule has 3 rings (SSSR count). The highest BCUT2D eigenvalue weighted by atomic mass is 32.2. The fourth-order valence-electron chi connectivity index (χ4n) is 4.86. The molecule has 1 unspecified atom stereocenters. The third kappa shape index (κ3) is 5.15. The maximum absolute atomic E-state index is 13.5. The minimum Gasteiger partial charge on any atom is -0.376 e. The predicted molar refractivity (Wildman–Crippen MR) is 123 cm³/mol. The Kier molecular flexibility index (Phi) is 7.81. The van der Waals surface area contributed by atoms with Crippen LogP contribution in [-0.2, 0) is 19.6 Å². The molecule has 2 aliphatic heterocycles. The Hall–Kier alpha value is -1.44. The summed E-state index contributed by atoms with van der Waals surface area (Å²) in [5.41, 5.74) is 3.65. The summed E-state index contributed by atoms with van der Waals surface area (Å²) in [7, 11) is -3.57. The molecular weight excluding hydrogens is 412 g/mol. The lowest BCUT2D eigenvalue weighted by Gasteiger charge is -2.37. The second-order valence-electron chi connectivity index (χ2n) is 9.19. The Morgan fingerprint density at radius 2 is 1.65 bits per heavy atom. The summed E-state index contributed by atoms with van der Waals surface area (Å²) in [6, 6.07) is 2.05.